The minimum atomic E-state index is -4.71. The van der Waals surface area contributed by atoms with Crippen LogP contribution >= 0.6 is 0 Å². The lowest BCUT2D eigenvalue weighted by Crippen LogP contribution is -2.06. The third-order valence-corrected chi connectivity index (χ3v) is 4.70. The van der Waals surface area contributed by atoms with Crippen LogP contribution in [0.15, 0.2) is 53.6 Å². The molecule has 0 spiro atoms. The predicted octanol–water partition coefficient (Wildman–Crippen LogP) is 5.38. The summed E-state index contributed by atoms with van der Waals surface area (Å²) >= 11 is 0. The van der Waals surface area contributed by atoms with E-state index >= 15 is 0 Å². The van der Waals surface area contributed by atoms with Crippen molar-refractivity contribution < 1.29 is 23.0 Å². The van der Waals surface area contributed by atoms with Gasteiger partial charge in [-0.15, -0.1) is 0 Å². The van der Waals surface area contributed by atoms with Crippen LogP contribution in [0.4, 0.5) is 30.2 Å². The molecule has 12 heteroatoms. The zero-order chi connectivity index (χ0) is 23.6. The maximum Gasteiger partial charge on any atom is 0.416 e. The number of halogens is 3. The van der Waals surface area contributed by atoms with E-state index in [2.05, 4.69) is 10.5 Å². The monoisotopic (exact) mass is 447 g/mol. The second-order valence-electron chi connectivity index (χ2n) is 6.79. The van der Waals surface area contributed by atoms with E-state index in [1.807, 2.05) is 11.5 Å². The molecule has 1 aromatic heterocycles. The first-order valence-corrected chi connectivity index (χ1v) is 9.07. The molecule has 32 heavy (non-hydrogen) atoms. The van der Waals surface area contributed by atoms with Crippen LogP contribution in [0, 0.1) is 34.1 Å². The molecule has 0 aliphatic heterocycles. The van der Waals surface area contributed by atoms with Crippen molar-refractivity contribution in [1.29, 1.82) is 0 Å². The molecule has 2 aromatic carbocycles. The third-order valence-electron chi connectivity index (χ3n) is 4.70. The van der Waals surface area contributed by atoms with Crippen LogP contribution in [0.3, 0.4) is 0 Å². The summed E-state index contributed by atoms with van der Waals surface area (Å²) in [6.07, 6.45) is -3.33. The Hall–Kier alpha value is -4.22. The molecule has 0 aliphatic rings. The number of nitrogens with zero attached hydrogens (tertiary/aromatic N) is 4. The first-order chi connectivity index (χ1) is 15.0. The molecule has 0 radical (unpaired) electrons. The van der Waals surface area contributed by atoms with Crippen LogP contribution in [0.5, 0.6) is 0 Å². The van der Waals surface area contributed by atoms with Crippen LogP contribution in [0.2, 0.25) is 0 Å². The lowest BCUT2D eigenvalue weighted by atomic mass is 10.1. The first-order valence-electron chi connectivity index (χ1n) is 9.07. The largest absolute Gasteiger partial charge is 0.416 e. The summed E-state index contributed by atoms with van der Waals surface area (Å²) in [4.78, 5) is 20.6. The molecule has 0 unspecified atom stereocenters. The number of hydrogen-bond acceptors (Lipinski definition) is 6. The lowest BCUT2D eigenvalue weighted by molar-refractivity contribution is -0.384. The van der Waals surface area contributed by atoms with Crippen molar-refractivity contribution in [3.8, 4) is 5.69 Å². The van der Waals surface area contributed by atoms with Gasteiger partial charge in [-0.05, 0) is 44.2 Å². The fraction of sp³-hybridized carbons (Fsp3) is 0.150. The topological polar surface area (TPSA) is 116 Å². The Morgan fingerprint density at radius 2 is 1.66 bits per heavy atom. The van der Waals surface area contributed by atoms with Crippen molar-refractivity contribution >= 4 is 23.3 Å². The molecule has 0 saturated heterocycles. The van der Waals surface area contributed by atoms with Crippen molar-refractivity contribution in [2.75, 3.05) is 5.43 Å². The van der Waals surface area contributed by atoms with Gasteiger partial charge in [-0.2, -0.15) is 18.3 Å². The van der Waals surface area contributed by atoms with Crippen molar-refractivity contribution in [2.24, 2.45) is 5.10 Å². The van der Waals surface area contributed by atoms with E-state index < -0.39 is 27.3 Å². The molecule has 0 amide bonds. The number of benzene rings is 2. The fourth-order valence-electron chi connectivity index (χ4n) is 3.16. The zero-order valence-corrected chi connectivity index (χ0v) is 16.8. The molecule has 0 bridgehead atoms. The first kappa shape index (κ1) is 22.5. The molecule has 166 valence electrons. The standard InChI is InChI=1S/C20H16F3N5O4/c1-12-9-14(13(2)26(12)16-4-6-17(7-5-16)27(29)30)11-24-25-18-8-3-15(20(21,22)23)10-19(18)28(31)32/h3-11,25H,1-2H3/b24-11+. The minimum Gasteiger partial charge on any atom is -0.318 e. The highest BCUT2D eigenvalue weighted by Crippen LogP contribution is 2.35. The van der Waals surface area contributed by atoms with Gasteiger partial charge in [0.2, 0.25) is 0 Å². The van der Waals surface area contributed by atoms with Crippen LogP contribution in [-0.2, 0) is 6.18 Å². The van der Waals surface area contributed by atoms with E-state index in [1.54, 1.807) is 25.1 Å². The van der Waals surface area contributed by atoms with Gasteiger partial charge in [-0.1, -0.05) is 0 Å². The number of rotatable bonds is 6. The van der Waals surface area contributed by atoms with Gasteiger partial charge in [0.1, 0.15) is 5.69 Å². The number of hydrazone groups is 1. The van der Waals surface area contributed by atoms with Crippen LogP contribution in [0.1, 0.15) is 22.5 Å². The smallest absolute Gasteiger partial charge is 0.318 e. The summed E-state index contributed by atoms with van der Waals surface area (Å²) in [5.41, 5.74) is 3.17. The van der Waals surface area contributed by atoms with E-state index in [4.69, 9.17) is 0 Å². The second kappa shape index (κ2) is 8.49. The Kier molecular flexibility index (Phi) is 5.96. The van der Waals surface area contributed by atoms with E-state index in [-0.39, 0.29) is 11.4 Å². The Morgan fingerprint density at radius 3 is 2.22 bits per heavy atom. The highest BCUT2D eigenvalue weighted by atomic mass is 19.4. The van der Waals surface area contributed by atoms with Gasteiger partial charge in [0.25, 0.3) is 11.4 Å². The average Bonchev–Trinajstić information content (AvgIpc) is 3.00. The predicted molar refractivity (Wildman–Crippen MR) is 111 cm³/mol. The van der Waals surface area contributed by atoms with E-state index in [1.165, 1.54) is 18.3 Å². The number of nitro groups is 2. The molecular formula is C20H16F3N5O4. The van der Waals surface area contributed by atoms with E-state index in [0.29, 0.717) is 17.3 Å². The summed E-state index contributed by atoms with van der Waals surface area (Å²) in [5.74, 6) is 0. The summed E-state index contributed by atoms with van der Waals surface area (Å²) in [6.45, 7) is 3.61. The normalized spacial score (nSPS) is 11.7. The summed E-state index contributed by atoms with van der Waals surface area (Å²) < 4.78 is 40.3. The van der Waals surface area contributed by atoms with Gasteiger partial charge in [-0.3, -0.25) is 25.7 Å². The van der Waals surface area contributed by atoms with Gasteiger partial charge in [0.15, 0.2) is 0 Å². The molecular weight excluding hydrogens is 431 g/mol. The van der Waals surface area contributed by atoms with Crippen LogP contribution < -0.4 is 5.43 Å². The number of aryl methyl sites for hydroxylation is 1. The van der Waals surface area contributed by atoms with Crippen molar-refractivity contribution in [1.82, 2.24) is 4.57 Å². The second-order valence-corrected chi connectivity index (χ2v) is 6.79. The van der Waals surface area contributed by atoms with Gasteiger partial charge < -0.3 is 4.57 Å². The number of hydrogen-bond donors (Lipinski definition) is 1. The molecule has 1 heterocycles. The average molecular weight is 447 g/mol. The number of nitro benzene ring substituents is 2. The summed E-state index contributed by atoms with van der Waals surface area (Å²) in [6, 6.07) is 9.86. The molecule has 0 fully saturated rings. The number of non-ortho nitro benzene ring substituents is 1. The molecule has 0 atom stereocenters. The maximum absolute atomic E-state index is 12.8. The number of nitrogens with one attached hydrogen (secondary N) is 1. The number of aromatic nitrogens is 1. The van der Waals surface area contributed by atoms with Gasteiger partial charge >= 0.3 is 6.18 Å². The molecule has 3 aromatic rings. The zero-order valence-electron chi connectivity index (χ0n) is 16.8. The molecule has 1 N–H and O–H groups in total. The van der Waals surface area contributed by atoms with Crippen LogP contribution in [0.25, 0.3) is 5.69 Å². The van der Waals surface area contributed by atoms with Gasteiger partial charge in [0, 0.05) is 40.8 Å². The summed E-state index contributed by atoms with van der Waals surface area (Å²) in [5, 5.41) is 25.9. The Morgan fingerprint density at radius 1 is 1.00 bits per heavy atom. The van der Waals surface area contributed by atoms with Gasteiger partial charge in [-0.25, -0.2) is 0 Å². The quantitative estimate of drug-likeness (QED) is 0.310. The molecule has 0 saturated carbocycles. The van der Waals surface area contributed by atoms with Crippen LogP contribution in [-0.4, -0.2) is 20.6 Å². The summed E-state index contributed by atoms with van der Waals surface area (Å²) in [7, 11) is 0. The Labute approximate surface area is 179 Å². The fourth-order valence-corrected chi connectivity index (χ4v) is 3.16. The van der Waals surface area contributed by atoms with Crippen molar-refractivity contribution in [3.05, 3.63) is 91.3 Å². The SMILES string of the molecule is Cc1cc(/C=N/Nc2ccc(C(F)(F)F)cc2[N+](=O)[O-])c(C)n1-c1ccc([N+](=O)[O-])cc1. The van der Waals surface area contributed by atoms with E-state index in [9.17, 15) is 33.4 Å². The van der Waals surface area contributed by atoms with Gasteiger partial charge in [0.05, 0.1) is 21.6 Å². The molecule has 3 rings (SSSR count). The Bertz CT molecular complexity index is 1220. The molecule has 9 nitrogen and oxygen atoms in total. The number of anilines is 1. The minimum absolute atomic E-state index is 0.0414. The molecule has 0 aliphatic carbocycles. The number of alkyl halides is 3. The van der Waals surface area contributed by atoms with Crippen molar-refractivity contribution in [3.63, 3.8) is 0 Å². The highest BCUT2D eigenvalue weighted by Gasteiger charge is 2.33. The third kappa shape index (κ3) is 4.58. The maximum atomic E-state index is 12.8. The van der Waals surface area contributed by atoms with Crippen molar-refractivity contribution in [2.45, 2.75) is 20.0 Å². The lowest BCUT2D eigenvalue weighted by Gasteiger charge is -2.09. The Balaban J connectivity index is 1.86. The van der Waals surface area contributed by atoms with E-state index in [0.717, 1.165) is 23.5 Å². The highest BCUT2D eigenvalue weighted by molar-refractivity contribution is 5.83.